The van der Waals surface area contributed by atoms with Crippen LogP contribution in [0.25, 0.3) is 0 Å². The Balaban J connectivity index is -0.000000190. The minimum Gasteiger partial charge on any atom is -1.00 e. The van der Waals surface area contributed by atoms with Crippen molar-refractivity contribution in [1.82, 2.24) is 14.7 Å². The van der Waals surface area contributed by atoms with Crippen LogP contribution in [0, 0.1) is 0 Å². The second-order valence-electron chi connectivity index (χ2n) is 8.86. The molecule has 2 rings (SSSR count). The number of alkyl halides is 1. The zero-order chi connectivity index (χ0) is 22.6. The van der Waals surface area contributed by atoms with Crippen molar-refractivity contribution in [1.29, 1.82) is 0 Å². The van der Waals surface area contributed by atoms with Crippen LogP contribution in [-0.4, -0.2) is 101 Å². The van der Waals surface area contributed by atoms with Gasteiger partial charge in [0.15, 0.2) is 0 Å². The van der Waals surface area contributed by atoms with Crippen molar-refractivity contribution in [3.05, 3.63) is 0 Å². The average molecular weight is 512 g/mol. The smallest absolute Gasteiger partial charge is 1.00 e. The van der Waals surface area contributed by atoms with E-state index in [-0.39, 0.29) is 43.7 Å². The molecule has 2 aliphatic heterocycles. The summed E-state index contributed by atoms with van der Waals surface area (Å²) in [7, 11) is 0. The SMILES string of the molecule is CC(C)N1C=[N+](C(C)C)CC1.CC(C)N1CCN(C(C)C)C1CCl.CCOCC.[Cl-].[Cl-].[Li+]. The Morgan fingerprint density at radius 2 is 1.28 bits per heavy atom. The van der Waals surface area contributed by atoms with Gasteiger partial charge in [-0.3, -0.25) is 19.3 Å². The van der Waals surface area contributed by atoms with Crippen LogP contribution in [0.1, 0.15) is 69.2 Å². The first-order chi connectivity index (χ1) is 13.6. The van der Waals surface area contributed by atoms with E-state index >= 15 is 0 Å². The zero-order valence-electron chi connectivity index (χ0n) is 22.7. The number of hydrogen-bond donors (Lipinski definition) is 0. The second-order valence-corrected chi connectivity index (χ2v) is 9.17. The zero-order valence-corrected chi connectivity index (χ0v) is 25.0. The molecule has 0 unspecified atom stereocenters. The van der Waals surface area contributed by atoms with Crippen LogP contribution >= 0.6 is 11.6 Å². The number of rotatable bonds is 7. The maximum Gasteiger partial charge on any atom is 1.00 e. The number of hydrogen-bond acceptors (Lipinski definition) is 4. The van der Waals surface area contributed by atoms with Crippen molar-refractivity contribution >= 4 is 17.9 Å². The second kappa shape index (κ2) is 22.3. The van der Waals surface area contributed by atoms with E-state index in [2.05, 4.69) is 81.0 Å². The summed E-state index contributed by atoms with van der Waals surface area (Å²) in [5, 5.41) is 0. The van der Waals surface area contributed by atoms with Gasteiger partial charge in [0.1, 0.15) is 13.1 Å². The Labute approximate surface area is 229 Å². The molecule has 0 spiro atoms. The molecule has 2 aliphatic rings. The summed E-state index contributed by atoms with van der Waals surface area (Å²) in [6.07, 6.45) is 2.71. The molecule has 5 nitrogen and oxygen atoms in total. The largest absolute Gasteiger partial charge is 1.00 e. The minimum absolute atomic E-state index is 0. The van der Waals surface area contributed by atoms with Crippen LogP contribution in [0.15, 0.2) is 0 Å². The first kappa shape index (κ1) is 40.0. The Morgan fingerprint density at radius 1 is 0.844 bits per heavy atom. The molecule has 9 heteroatoms. The Morgan fingerprint density at radius 3 is 1.47 bits per heavy atom. The van der Waals surface area contributed by atoms with E-state index in [1.54, 1.807) is 0 Å². The summed E-state index contributed by atoms with van der Waals surface area (Å²) >= 11 is 6.00. The van der Waals surface area contributed by atoms with E-state index in [1.807, 2.05) is 13.8 Å². The molecule has 0 atom stereocenters. The van der Waals surface area contributed by atoms with E-state index in [0.717, 1.165) is 32.2 Å². The standard InChI is InChI=1S/C10H21ClN2.C9H19N2.C4H10O.2ClH.Li/c1-8(2)12-5-6-13(9(3)4)10(12)7-11;1-8(2)10-5-6-11(7-10)9(3)4;1-3-5-4-2;;;/h8-10H,5-7H2,1-4H3;7-9H,5-6H2,1-4H3;3-4H2,1-2H3;2*1H;/q;+1;;;;+1/p-2. The van der Waals surface area contributed by atoms with Crippen LogP contribution in [0.3, 0.4) is 0 Å². The maximum absolute atomic E-state index is 6.00. The quantitative estimate of drug-likeness (QED) is 0.194. The van der Waals surface area contributed by atoms with Gasteiger partial charge in [-0.2, -0.15) is 0 Å². The molecule has 0 aromatic carbocycles. The van der Waals surface area contributed by atoms with E-state index in [4.69, 9.17) is 16.3 Å². The van der Waals surface area contributed by atoms with Crippen molar-refractivity contribution in [2.24, 2.45) is 0 Å². The Hall–Kier alpha value is 0.817. The number of ether oxygens (including phenoxy) is 1. The third-order valence-electron chi connectivity index (χ3n) is 5.49. The summed E-state index contributed by atoms with van der Waals surface area (Å²) < 4.78 is 7.22. The van der Waals surface area contributed by atoms with Gasteiger partial charge in [0.05, 0.1) is 24.1 Å². The minimum atomic E-state index is 0. The fourth-order valence-electron chi connectivity index (χ4n) is 3.63. The molecule has 1 fully saturated rings. The van der Waals surface area contributed by atoms with E-state index in [9.17, 15) is 0 Å². The van der Waals surface area contributed by atoms with E-state index in [1.165, 1.54) is 13.1 Å². The average Bonchev–Trinajstić information content (AvgIpc) is 3.30. The summed E-state index contributed by atoms with van der Waals surface area (Å²) in [5.41, 5.74) is 0. The van der Waals surface area contributed by atoms with Gasteiger partial charge in [-0.1, -0.05) is 0 Å². The van der Waals surface area contributed by atoms with Gasteiger partial charge in [0.25, 0.3) is 0 Å². The monoisotopic (exact) mass is 510 g/mol. The fraction of sp³-hybridized carbons (Fsp3) is 0.957. The molecule has 2 heterocycles. The van der Waals surface area contributed by atoms with Crippen LogP contribution in [-0.2, 0) is 4.74 Å². The molecule has 0 radical (unpaired) electrons. The Kier molecular flexibility index (Phi) is 27.9. The molecule has 0 N–H and O–H groups in total. The molecule has 0 aromatic rings. The molecule has 190 valence electrons. The van der Waals surface area contributed by atoms with Crippen molar-refractivity contribution in [3.63, 3.8) is 0 Å². The topological polar surface area (TPSA) is 22.0 Å². The van der Waals surface area contributed by atoms with Crippen LogP contribution < -0.4 is 43.7 Å². The third-order valence-corrected chi connectivity index (χ3v) is 5.77. The molecule has 32 heavy (non-hydrogen) atoms. The van der Waals surface area contributed by atoms with E-state index < -0.39 is 0 Å². The molecule has 0 aliphatic carbocycles. The molecular weight excluding hydrogens is 462 g/mol. The van der Waals surface area contributed by atoms with Crippen molar-refractivity contribution < 1.29 is 53.0 Å². The number of halogens is 3. The van der Waals surface area contributed by atoms with Crippen molar-refractivity contribution in [3.8, 4) is 0 Å². The van der Waals surface area contributed by atoms with Crippen LogP contribution in [0.5, 0.6) is 0 Å². The summed E-state index contributed by atoms with van der Waals surface area (Å²) in [5.74, 6) is 0.719. The Bertz CT molecular complexity index is 437. The molecular formula is C23H50Cl3LiN4O. The molecule has 0 aromatic heterocycles. The van der Waals surface area contributed by atoms with Gasteiger partial charge < -0.3 is 29.6 Å². The summed E-state index contributed by atoms with van der Waals surface area (Å²) in [6, 6.07) is 2.51. The van der Waals surface area contributed by atoms with Crippen molar-refractivity contribution in [2.45, 2.75) is 99.6 Å². The number of nitrogens with zero attached hydrogens (tertiary/aromatic N) is 4. The normalized spacial score (nSPS) is 16.7. The predicted octanol–water partition coefficient (Wildman–Crippen LogP) is -4.80. The van der Waals surface area contributed by atoms with E-state index in [0.29, 0.717) is 30.3 Å². The molecule has 1 saturated heterocycles. The van der Waals surface area contributed by atoms with Gasteiger partial charge >= 0.3 is 18.9 Å². The van der Waals surface area contributed by atoms with Crippen LogP contribution in [0.4, 0.5) is 0 Å². The first-order valence-electron chi connectivity index (χ1n) is 11.6. The third kappa shape index (κ3) is 14.9. The van der Waals surface area contributed by atoms with Gasteiger partial charge in [0.2, 0.25) is 6.34 Å². The summed E-state index contributed by atoms with van der Waals surface area (Å²) in [4.78, 5) is 7.35. The van der Waals surface area contributed by atoms with Crippen LogP contribution in [0.2, 0.25) is 0 Å². The van der Waals surface area contributed by atoms with Gasteiger partial charge in [-0.05, 0) is 69.2 Å². The van der Waals surface area contributed by atoms with Crippen molar-refractivity contribution in [2.75, 3.05) is 45.3 Å². The molecule has 0 bridgehead atoms. The fourth-order valence-corrected chi connectivity index (χ4v) is 3.98. The molecule has 0 amide bonds. The molecule has 0 saturated carbocycles. The predicted molar refractivity (Wildman–Crippen MR) is 129 cm³/mol. The van der Waals surface area contributed by atoms with Gasteiger partial charge in [0, 0.05) is 38.4 Å². The van der Waals surface area contributed by atoms with Gasteiger partial charge in [-0.15, -0.1) is 11.6 Å². The summed E-state index contributed by atoms with van der Waals surface area (Å²) in [6.45, 7) is 28.3. The maximum atomic E-state index is 6.00. The first-order valence-corrected chi connectivity index (χ1v) is 12.2. The van der Waals surface area contributed by atoms with Gasteiger partial charge in [-0.25, -0.2) is 0 Å².